The summed E-state index contributed by atoms with van der Waals surface area (Å²) in [6, 6.07) is 3.74. The fraction of sp³-hybridized carbons (Fsp3) is 0.571. The molecule has 6 heteroatoms. The molecule has 1 unspecified atom stereocenters. The molecule has 2 N–H and O–H groups in total. The molecule has 1 aromatic carbocycles. The molecule has 0 amide bonds. The van der Waals surface area contributed by atoms with Gasteiger partial charge in [0.15, 0.2) is 0 Å². The van der Waals surface area contributed by atoms with Gasteiger partial charge in [0.05, 0.1) is 5.56 Å². The average molecular weight is 307 g/mol. The lowest BCUT2D eigenvalue weighted by Crippen LogP contribution is -2.37. The lowest BCUT2D eigenvalue weighted by atomic mass is 9.97. The fourth-order valence-corrected chi connectivity index (χ4v) is 2.91. The van der Waals surface area contributed by atoms with Gasteiger partial charge in [-0.25, -0.2) is 0 Å². The summed E-state index contributed by atoms with van der Waals surface area (Å²) in [6.45, 7) is 2.84. The van der Waals surface area contributed by atoms with Gasteiger partial charge in [-0.3, -0.25) is 4.90 Å². The van der Waals surface area contributed by atoms with Crippen molar-refractivity contribution in [2.75, 3.05) is 19.6 Å². The Labute approximate surface area is 121 Å². The van der Waals surface area contributed by atoms with Crippen molar-refractivity contribution < 1.29 is 13.2 Å². The van der Waals surface area contributed by atoms with Gasteiger partial charge < -0.3 is 5.73 Å². The number of halogens is 4. The van der Waals surface area contributed by atoms with Crippen LogP contribution in [0.4, 0.5) is 13.2 Å². The standard InChI is InChI=1S/C14H18ClF3N2/c15-13-5-11(4-12(6-13)14(16,17)18)9-20-3-1-2-10(7-19)8-20/h4-6,10H,1-3,7-9,19H2. The van der Waals surface area contributed by atoms with Crippen LogP contribution in [0.25, 0.3) is 0 Å². The van der Waals surface area contributed by atoms with E-state index in [1.54, 1.807) is 6.07 Å². The molecule has 1 aromatic rings. The van der Waals surface area contributed by atoms with Gasteiger partial charge in [0.25, 0.3) is 0 Å². The van der Waals surface area contributed by atoms with Gasteiger partial charge in [-0.05, 0) is 55.6 Å². The lowest BCUT2D eigenvalue weighted by Gasteiger charge is -2.32. The quantitative estimate of drug-likeness (QED) is 0.925. The molecule has 1 aliphatic rings. The molecular weight excluding hydrogens is 289 g/mol. The first-order chi connectivity index (χ1) is 9.38. The normalized spacial score (nSPS) is 21.1. The topological polar surface area (TPSA) is 29.3 Å². The van der Waals surface area contributed by atoms with E-state index in [0.717, 1.165) is 32.0 Å². The summed E-state index contributed by atoms with van der Waals surface area (Å²) in [5, 5.41) is 0.127. The van der Waals surface area contributed by atoms with E-state index in [1.165, 1.54) is 6.07 Å². The van der Waals surface area contributed by atoms with Crippen molar-refractivity contribution in [3.05, 3.63) is 34.3 Å². The summed E-state index contributed by atoms with van der Waals surface area (Å²) in [5.41, 5.74) is 5.58. The lowest BCUT2D eigenvalue weighted by molar-refractivity contribution is -0.137. The molecule has 2 rings (SSSR count). The van der Waals surface area contributed by atoms with Crippen LogP contribution >= 0.6 is 11.6 Å². The number of rotatable bonds is 3. The molecule has 0 bridgehead atoms. The molecule has 0 aliphatic carbocycles. The maximum atomic E-state index is 12.8. The highest BCUT2D eigenvalue weighted by molar-refractivity contribution is 6.30. The Morgan fingerprint density at radius 3 is 2.70 bits per heavy atom. The van der Waals surface area contributed by atoms with E-state index in [2.05, 4.69) is 4.90 Å². The Balaban J connectivity index is 2.11. The number of nitrogens with two attached hydrogens (primary N) is 1. The minimum Gasteiger partial charge on any atom is -0.330 e. The predicted octanol–water partition coefficient (Wildman–Crippen LogP) is 3.53. The summed E-state index contributed by atoms with van der Waals surface area (Å²) in [5.74, 6) is 0.435. The SMILES string of the molecule is NCC1CCCN(Cc2cc(Cl)cc(C(F)(F)F)c2)C1. The second-order valence-electron chi connectivity index (χ2n) is 5.32. The van der Waals surface area contributed by atoms with Crippen LogP contribution in [-0.2, 0) is 12.7 Å². The second kappa shape index (κ2) is 6.33. The molecular formula is C14H18ClF3N2. The molecule has 20 heavy (non-hydrogen) atoms. The summed E-state index contributed by atoms with van der Waals surface area (Å²) in [4.78, 5) is 2.15. The molecule has 112 valence electrons. The Kier molecular flexibility index (Phi) is 4.94. The van der Waals surface area contributed by atoms with E-state index >= 15 is 0 Å². The summed E-state index contributed by atoms with van der Waals surface area (Å²) in [6.07, 6.45) is -2.23. The highest BCUT2D eigenvalue weighted by Gasteiger charge is 2.31. The highest BCUT2D eigenvalue weighted by atomic mass is 35.5. The maximum Gasteiger partial charge on any atom is 0.416 e. The molecule has 1 saturated heterocycles. The van der Waals surface area contributed by atoms with E-state index in [9.17, 15) is 13.2 Å². The van der Waals surface area contributed by atoms with Gasteiger partial charge in [-0.2, -0.15) is 13.2 Å². The van der Waals surface area contributed by atoms with E-state index in [0.29, 0.717) is 24.6 Å². The van der Waals surface area contributed by atoms with E-state index < -0.39 is 11.7 Å². The molecule has 2 nitrogen and oxygen atoms in total. The zero-order valence-corrected chi connectivity index (χ0v) is 11.8. The van der Waals surface area contributed by atoms with Crippen LogP contribution in [0, 0.1) is 5.92 Å². The van der Waals surface area contributed by atoms with E-state index in [-0.39, 0.29) is 5.02 Å². The largest absolute Gasteiger partial charge is 0.416 e. The molecule has 1 heterocycles. The smallest absolute Gasteiger partial charge is 0.330 e. The van der Waals surface area contributed by atoms with Crippen molar-refractivity contribution in [1.82, 2.24) is 4.90 Å². The van der Waals surface area contributed by atoms with Crippen LogP contribution in [-0.4, -0.2) is 24.5 Å². The van der Waals surface area contributed by atoms with Gasteiger partial charge in [-0.1, -0.05) is 11.6 Å². The number of hydrogen-bond donors (Lipinski definition) is 1. The fourth-order valence-electron chi connectivity index (χ4n) is 2.65. The highest BCUT2D eigenvalue weighted by Crippen LogP contribution is 2.32. The van der Waals surface area contributed by atoms with Crippen molar-refractivity contribution in [1.29, 1.82) is 0 Å². The van der Waals surface area contributed by atoms with Crippen molar-refractivity contribution in [3.8, 4) is 0 Å². The number of benzene rings is 1. The minimum absolute atomic E-state index is 0.127. The molecule has 0 aromatic heterocycles. The van der Waals surface area contributed by atoms with Gasteiger partial charge in [-0.15, -0.1) is 0 Å². The average Bonchev–Trinajstić information content (AvgIpc) is 2.37. The third kappa shape index (κ3) is 4.11. The predicted molar refractivity (Wildman–Crippen MR) is 73.5 cm³/mol. The van der Waals surface area contributed by atoms with Gasteiger partial charge >= 0.3 is 6.18 Å². The monoisotopic (exact) mass is 306 g/mol. The first-order valence-electron chi connectivity index (χ1n) is 6.67. The Hall–Kier alpha value is -0.780. The first kappa shape index (κ1) is 15.6. The van der Waals surface area contributed by atoms with Gasteiger partial charge in [0.1, 0.15) is 0 Å². The van der Waals surface area contributed by atoms with Crippen LogP contribution < -0.4 is 5.73 Å². The van der Waals surface area contributed by atoms with Crippen molar-refractivity contribution >= 4 is 11.6 Å². The van der Waals surface area contributed by atoms with Crippen LogP contribution in [0.2, 0.25) is 5.02 Å². The number of nitrogens with zero attached hydrogens (tertiary/aromatic N) is 1. The van der Waals surface area contributed by atoms with Crippen LogP contribution in [0.3, 0.4) is 0 Å². The van der Waals surface area contributed by atoms with Crippen molar-refractivity contribution in [3.63, 3.8) is 0 Å². The molecule has 1 aliphatic heterocycles. The van der Waals surface area contributed by atoms with Crippen LogP contribution in [0.1, 0.15) is 24.0 Å². The second-order valence-corrected chi connectivity index (χ2v) is 5.76. The van der Waals surface area contributed by atoms with Gasteiger partial charge in [0.2, 0.25) is 0 Å². The third-order valence-electron chi connectivity index (χ3n) is 3.63. The summed E-state index contributed by atoms with van der Waals surface area (Å²) in [7, 11) is 0. The van der Waals surface area contributed by atoms with E-state index in [4.69, 9.17) is 17.3 Å². The number of piperidine rings is 1. The number of alkyl halides is 3. The molecule has 0 saturated carbocycles. The van der Waals surface area contributed by atoms with E-state index in [1.807, 2.05) is 0 Å². The Morgan fingerprint density at radius 2 is 2.05 bits per heavy atom. The van der Waals surface area contributed by atoms with Gasteiger partial charge in [0, 0.05) is 18.1 Å². The zero-order valence-electron chi connectivity index (χ0n) is 11.1. The molecule has 1 fully saturated rings. The Morgan fingerprint density at radius 1 is 1.30 bits per heavy atom. The molecule has 0 radical (unpaired) electrons. The molecule has 1 atom stereocenters. The summed E-state index contributed by atoms with van der Waals surface area (Å²) >= 11 is 5.79. The van der Waals surface area contributed by atoms with Crippen LogP contribution in [0.15, 0.2) is 18.2 Å². The molecule has 0 spiro atoms. The number of likely N-dealkylation sites (tertiary alicyclic amines) is 1. The third-order valence-corrected chi connectivity index (χ3v) is 3.85. The van der Waals surface area contributed by atoms with Crippen molar-refractivity contribution in [2.24, 2.45) is 11.7 Å². The number of hydrogen-bond acceptors (Lipinski definition) is 2. The van der Waals surface area contributed by atoms with Crippen LogP contribution in [0.5, 0.6) is 0 Å². The first-order valence-corrected chi connectivity index (χ1v) is 7.05. The minimum atomic E-state index is -4.36. The van der Waals surface area contributed by atoms with Crippen molar-refractivity contribution in [2.45, 2.75) is 25.6 Å². The maximum absolute atomic E-state index is 12.8. The Bertz CT molecular complexity index is 462. The zero-order chi connectivity index (χ0) is 14.8. The summed E-state index contributed by atoms with van der Waals surface area (Å²) < 4.78 is 38.3.